The van der Waals surface area contributed by atoms with Gasteiger partial charge in [0.25, 0.3) is 0 Å². The highest BCUT2D eigenvalue weighted by Gasteiger charge is 2.31. The molecule has 168 valence electrons. The van der Waals surface area contributed by atoms with Gasteiger partial charge in [-0.25, -0.2) is 9.97 Å². The summed E-state index contributed by atoms with van der Waals surface area (Å²) < 4.78 is 2.10. The maximum absolute atomic E-state index is 6.34. The van der Waals surface area contributed by atoms with Gasteiger partial charge >= 0.3 is 0 Å². The number of nitrogens with one attached hydrogen (secondary N) is 1. The maximum atomic E-state index is 6.34. The molecule has 4 nitrogen and oxygen atoms in total. The van der Waals surface area contributed by atoms with Crippen LogP contribution >= 0.6 is 51.8 Å². The van der Waals surface area contributed by atoms with Crippen molar-refractivity contribution in [1.82, 2.24) is 14.3 Å². The number of anilines is 2. The molecule has 4 rings (SSSR count). The summed E-state index contributed by atoms with van der Waals surface area (Å²) in [6, 6.07) is 8.71. The average molecular weight is 589 g/mol. The van der Waals surface area contributed by atoms with Crippen molar-refractivity contribution >= 4 is 74.3 Å². The van der Waals surface area contributed by atoms with Crippen LogP contribution in [-0.4, -0.2) is 20.6 Å². The van der Waals surface area contributed by atoms with Gasteiger partial charge in [-0.15, -0.1) is 11.8 Å². The Morgan fingerprint density at radius 3 is 2.58 bits per heavy atom. The summed E-state index contributed by atoms with van der Waals surface area (Å²) in [6.07, 6.45) is 6.52. The number of pyridine rings is 1. The predicted molar refractivity (Wildman–Crippen MR) is 148 cm³/mol. The van der Waals surface area contributed by atoms with Crippen LogP contribution in [0.3, 0.4) is 0 Å². The van der Waals surface area contributed by atoms with E-state index < -0.39 is 0 Å². The van der Waals surface area contributed by atoms with Crippen molar-refractivity contribution in [1.29, 1.82) is 0 Å². The van der Waals surface area contributed by atoms with Crippen molar-refractivity contribution < 1.29 is 0 Å². The molecule has 2 unspecified atom stereocenters. The first-order valence-corrected chi connectivity index (χ1v) is 16.3. The van der Waals surface area contributed by atoms with E-state index in [4.69, 9.17) is 16.6 Å². The molecule has 1 saturated carbocycles. The minimum atomic E-state index is 0.455. The number of benzene rings is 1. The maximum Gasteiger partial charge on any atom is 0.167 e. The third-order valence-corrected chi connectivity index (χ3v) is 8.89. The molecule has 1 aliphatic rings. The first kappa shape index (κ1) is 25.1. The van der Waals surface area contributed by atoms with Crippen molar-refractivity contribution in [2.24, 2.45) is 5.41 Å². The first-order chi connectivity index (χ1) is 14.8. The Hall–Kier alpha value is -0.560. The second kappa shape index (κ2) is 10.6. The molecule has 3 aromatic rings. The average Bonchev–Trinajstić information content (AvgIpc) is 3.27. The molecule has 0 bridgehead atoms. The smallest absolute Gasteiger partial charge is 0.167 e. The first-order valence-electron chi connectivity index (χ1n) is 10.7. The fourth-order valence-electron chi connectivity index (χ4n) is 4.25. The van der Waals surface area contributed by atoms with Crippen molar-refractivity contribution in [3.8, 4) is 0 Å². The van der Waals surface area contributed by atoms with Gasteiger partial charge in [-0.3, -0.25) is 4.34 Å². The molecule has 1 aromatic carbocycles. The molecule has 1 aliphatic carbocycles. The predicted octanol–water partition coefficient (Wildman–Crippen LogP) is 8.97. The summed E-state index contributed by atoms with van der Waals surface area (Å²) in [4.78, 5) is 10.5. The lowest BCUT2D eigenvalue weighted by molar-refractivity contribution is 0.376. The highest BCUT2D eigenvalue weighted by Crippen LogP contribution is 2.47. The summed E-state index contributed by atoms with van der Waals surface area (Å²) in [5.41, 5.74) is 5.60. The van der Waals surface area contributed by atoms with Crippen LogP contribution in [-0.2, 0) is 0 Å². The third kappa shape index (κ3) is 5.51. The molecule has 31 heavy (non-hydrogen) atoms. The zero-order valence-corrected chi connectivity index (χ0v) is 23.7. The largest absolute Gasteiger partial charge is 0.353 e. The van der Waals surface area contributed by atoms with E-state index in [9.17, 15) is 0 Å². The van der Waals surface area contributed by atoms with Crippen LogP contribution in [0.15, 0.2) is 29.2 Å². The van der Waals surface area contributed by atoms with Crippen LogP contribution in [0.4, 0.5) is 11.4 Å². The number of hydrogen-bond acceptors (Lipinski definition) is 4. The fraction of sp³-hybridized carbons (Fsp3) is 0.478. The normalized spacial score (nSPS) is 17.9. The Balaban J connectivity index is 0.00000132. The standard InChI is InChI=1S/C21H25ClIN4PS.C2H6/c1-12-24-19-16(10-18(22)26-20(19)27(12)28-23)25-15-6-5-13(9-17(15)29-4)14-7-8-21(2,3)11-14;1-2/h5-6,9-10,14,28H,7-8,11H2,1-4H3,(H,25,26);1-2H3. The molecule has 2 aromatic heterocycles. The summed E-state index contributed by atoms with van der Waals surface area (Å²) in [7, 11) is 0. The van der Waals surface area contributed by atoms with Gasteiger partial charge in [-0.1, -0.05) is 45.4 Å². The Labute approximate surface area is 210 Å². The van der Waals surface area contributed by atoms with Crippen molar-refractivity contribution in [2.45, 2.75) is 64.7 Å². The molecule has 0 radical (unpaired) electrons. The Morgan fingerprint density at radius 1 is 1.23 bits per heavy atom. The summed E-state index contributed by atoms with van der Waals surface area (Å²) in [5.74, 6) is 1.62. The molecule has 1 N–H and O–H groups in total. The zero-order chi connectivity index (χ0) is 22.8. The fourth-order valence-corrected chi connectivity index (χ4v) is 7.18. The van der Waals surface area contributed by atoms with Gasteiger partial charge in [0.2, 0.25) is 0 Å². The van der Waals surface area contributed by atoms with Crippen LogP contribution < -0.4 is 5.32 Å². The highest BCUT2D eigenvalue weighted by atomic mass is 127. The van der Waals surface area contributed by atoms with Crippen LogP contribution in [0.2, 0.25) is 5.15 Å². The van der Waals surface area contributed by atoms with E-state index >= 15 is 0 Å². The van der Waals surface area contributed by atoms with Gasteiger partial charge in [0.05, 0.1) is 17.7 Å². The number of hydrogen-bond donors (Lipinski definition) is 1. The molecular weight excluding hydrogens is 558 g/mol. The number of aryl methyl sites for hydroxylation is 1. The van der Waals surface area contributed by atoms with Gasteiger partial charge in [0, 0.05) is 11.0 Å². The summed E-state index contributed by atoms with van der Waals surface area (Å²) in [6.45, 7) is 10.8. The quantitative estimate of drug-likeness (QED) is 0.140. The minimum Gasteiger partial charge on any atom is -0.353 e. The van der Waals surface area contributed by atoms with E-state index in [0.717, 1.165) is 28.4 Å². The third-order valence-electron chi connectivity index (χ3n) is 5.77. The molecule has 0 aliphatic heterocycles. The van der Waals surface area contributed by atoms with Crippen molar-refractivity contribution in [3.63, 3.8) is 0 Å². The molecule has 8 heteroatoms. The summed E-state index contributed by atoms with van der Waals surface area (Å²) >= 11 is 10.5. The van der Waals surface area contributed by atoms with E-state index in [1.165, 1.54) is 29.7 Å². The minimum absolute atomic E-state index is 0.455. The second-order valence-electron chi connectivity index (χ2n) is 8.43. The Kier molecular flexibility index (Phi) is 8.56. The number of nitrogens with zero attached hydrogens (tertiary/aromatic N) is 3. The lowest BCUT2D eigenvalue weighted by atomic mass is 9.88. The van der Waals surface area contributed by atoms with E-state index in [0.29, 0.717) is 22.9 Å². The molecule has 1 fully saturated rings. The number of thioether (sulfide) groups is 1. The SMILES string of the molecule is CC.CSc1cc(C2CCC(C)(C)C2)ccc1Nc1cc(Cl)nc2c1nc(C)n2PI. The van der Waals surface area contributed by atoms with E-state index in [1.54, 1.807) is 11.8 Å². The van der Waals surface area contributed by atoms with Gasteiger partial charge in [0.15, 0.2) is 5.65 Å². The van der Waals surface area contributed by atoms with Gasteiger partial charge in [-0.05, 0) is 83.5 Å². The van der Waals surface area contributed by atoms with Crippen LogP contribution in [0.25, 0.3) is 11.2 Å². The summed E-state index contributed by atoms with van der Waals surface area (Å²) in [5, 5.41) is 4.06. The lowest BCUT2D eigenvalue weighted by Gasteiger charge is -2.19. The number of fused-ring (bicyclic) bond motifs is 1. The molecule has 0 amide bonds. The van der Waals surface area contributed by atoms with Gasteiger partial charge < -0.3 is 5.32 Å². The lowest BCUT2D eigenvalue weighted by Crippen LogP contribution is -2.04. The van der Waals surface area contributed by atoms with E-state index in [2.05, 4.69) is 75.0 Å². The molecule has 0 saturated heterocycles. The topological polar surface area (TPSA) is 42.7 Å². The number of halogens is 2. The van der Waals surface area contributed by atoms with Crippen LogP contribution in [0.5, 0.6) is 0 Å². The molecular formula is C23H31ClIN4PS. The van der Waals surface area contributed by atoms with Crippen molar-refractivity contribution in [3.05, 3.63) is 40.8 Å². The van der Waals surface area contributed by atoms with Crippen molar-refractivity contribution in [2.75, 3.05) is 11.6 Å². The molecule has 0 spiro atoms. The van der Waals surface area contributed by atoms with Crippen LogP contribution in [0, 0.1) is 12.3 Å². The van der Waals surface area contributed by atoms with E-state index in [1.807, 2.05) is 26.8 Å². The molecule has 2 heterocycles. The molecule has 2 atom stereocenters. The highest BCUT2D eigenvalue weighted by molar-refractivity contribution is 14.2. The van der Waals surface area contributed by atoms with Crippen LogP contribution in [0.1, 0.15) is 64.3 Å². The zero-order valence-electron chi connectivity index (χ0n) is 19.0. The Morgan fingerprint density at radius 2 is 1.97 bits per heavy atom. The number of imidazole rings is 1. The monoisotopic (exact) mass is 588 g/mol. The van der Waals surface area contributed by atoms with E-state index in [-0.39, 0.29) is 0 Å². The van der Waals surface area contributed by atoms with Gasteiger partial charge in [-0.2, -0.15) is 0 Å². The number of aromatic nitrogens is 3. The Bertz CT molecular complexity index is 1070. The second-order valence-corrected chi connectivity index (χ2v) is 11.7. The van der Waals surface area contributed by atoms with Gasteiger partial charge in [0.1, 0.15) is 16.5 Å². The number of rotatable bonds is 5.